The number of aliphatic carboxylic acids is 1. The van der Waals surface area contributed by atoms with Crippen LogP contribution in [-0.2, 0) is 11.3 Å². The van der Waals surface area contributed by atoms with Crippen LogP contribution in [0.2, 0.25) is 0 Å². The molecule has 1 aliphatic heterocycles. The maximum absolute atomic E-state index is 10.9. The molecular weight excluding hydrogens is 206 g/mol. The maximum Gasteiger partial charge on any atom is 0.320 e. The molecule has 88 valence electrons. The van der Waals surface area contributed by atoms with Crippen molar-refractivity contribution in [3.05, 3.63) is 18.0 Å². The van der Waals surface area contributed by atoms with E-state index in [1.165, 1.54) is 0 Å². The number of piperidine rings is 1. The highest BCUT2D eigenvalue weighted by Gasteiger charge is 2.27. The van der Waals surface area contributed by atoms with E-state index in [2.05, 4.69) is 10.4 Å². The van der Waals surface area contributed by atoms with E-state index in [9.17, 15) is 4.79 Å². The van der Waals surface area contributed by atoms with Crippen LogP contribution in [-0.4, -0.2) is 26.9 Å². The molecule has 1 aromatic rings. The smallest absolute Gasteiger partial charge is 0.320 e. The molecule has 2 atom stereocenters. The molecule has 2 rings (SSSR count). The van der Waals surface area contributed by atoms with Crippen LogP contribution < -0.4 is 5.32 Å². The van der Waals surface area contributed by atoms with Gasteiger partial charge in [0.1, 0.15) is 6.04 Å². The predicted octanol–water partition coefficient (Wildman–Crippen LogP) is 1.17. The molecule has 0 amide bonds. The zero-order valence-corrected chi connectivity index (χ0v) is 9.39. The number of nitrogens with zero attached hydrogens (tertiary/aromatic N) is 2. The summed E-state index contributed by atoms with van der Waals surface area (Å²) in [6.07, 6.45) is 6.46. The molecule has 5 nitrogen and oxygen atoms in total. The van der Waals surface area contributed by atoms with Crippen molar-refractivity contribution >= 4 is 5.97 Å². The molecule has 2 heterocycles. The molecule has 1 aromatic heterocycles. The Morgan fingerprint density at radius 1 is 1.69 bits per heavy atom. The summed E-state index contributed by atoms with van der Waals surface area (Å²) in [5.74, 6) is -0.757. The lowest BCUT2D eigenvalue weighted by molar-refractivity contribution is -0.140. The minimum Gasteiger partial charge on any atom is -0.480 e. The fourth-order valence-corrected chi connectivity index (χ4v) is 2.13. The summed E-state index contributed by atoms with van der Waals surface area (Å²) in [4.78, 5) is 10.9. The minimum absolute atomic E-state index is 0.134. The topological polar surface area (TPSA) is 67.2 Å². The van der Waals surface area contributed by atoms with Gasteiger partial charge in [-0.2, -0.15) is 5.10 Å². The van der Waals surface area contributed by atoms with Crippen LogP contribution in [0.25, 0.3) is 0 Å². The summed E-state index contributed by atoms with van der Waals surface area (Å²) < 4.78 is 1.86. The second kappa shape index (κ2) is 4.65. The van der Waals surface area contributed by atoms with E-state index in [4.69, 9.17) is 5.11 Å². The maximum atomic E-state index is 10.9. The van der Waals surface area contributed by atoms with Crippen LogP contribution in [0, 0.1) is 0 Å². The van der Waals surface area contributed by atoms with Gasteiger partial charge in [0, 0.05) is 24.3 Å². The molecule has 2 N–H and O–H groups in total. The Kier molecular flexibility index (Phi) is 3.24. The number of rotatable bonds is 3. The molecule has 0 spiro atoms. The van der Waals surface area contributed by atoms with Crippen molar-refractivity contribution < 1.29 is 9.90 Å². The Bertz CT molecular complexity index is 375. The molecule has 1 aliphatic rings. The zero-order valence-electron chi connectivity index (χ0n) is 9.39. The number of hydrogen-bond acceptors (Lipinski definition) is 3. The lowest BCUT2D eigenvalue weighted by Gasteiger charge is -2.27. The largest absolute Gasteiger partial charge is 0.480 e. The SMILES string of the molecule is CCn1cc(C2CCCC(C(=O)O)N2)cn1. The van der Waals surface area contributed by atoms with Crippen LogP contribution in [0.4, 0.5) is 0 Å². The standard InChI is InChI=1S/C11H17N3O2/c1-2-14-7-8(6-12-14)9-4-3-5-10(13-9)11(15)16/h6-7,9-10,13H,2-5H2,1H3,(H,15,16). The van der Waals surface area contributed by atoms with E-state index in [1.54, 1.807) is 0 Å². The zero-order chi connectivity index (χ0) is 11.5. The van der Waals surface area contributed by atoms with Gasteiger partial charge in [-0.15, -0.1) is 0 Å². The normalized spacial score (nSPS) is 25.6. The molecule has 0 bridgehead atoms. The molecule has 16 heavy (non-hydrogen) atoms. The number of nitrogens with one attached hydrogen (secondary N) is 1. The molecule has 1 saturated heterocycles. The van der Waals surface area contributed by atoms with Crippen molar-refractivity contribution in [2.75, 3.05) is 0 Å². The second-order valence-electron chi connectivity index (χ2n) is 4.17. The molecule has 1 fully saturated rings. The summed E-state index contributed by atoms with van der Waals surface area (Å²) in [5.41, 5.74) is 1.09. The molecule has 2 unspecified atom stereocenters. The minimum atomic E-state index is -0.757. The summed E-state index contributed by atoms with van der Waals surface area (Å²) in [6.45, 7) is 2.88. The number of carbonyl (C=O) groups is 1. The van der Waals surface area contributed by atoms with E-state index < -0.39 is 12.0 Å². The van der Waals surface area contributed by atoms with Crippen molar-refractivity contribution in [3.8, 4) is 0 Å². The first-order valence-corrected chi connectivity index (χ1v) is 5.72. The van der Waals surface area contributed by atoms with Crippen LogP contribution in [0.5, 0.6) is 0 Å². The average Bonchev–Trinajstić information content (AvgIpc) is 2.77. The van der Waals surface area contributed by atoms with E-state index in [1.807, 2.05) is 24.0 Å². The Morgan fingerprint density at radius 3 is 3.12 bits per heavy atom. The quantitative estimate of drug-likeness (QED) is 0.807. The molecule has 5 heteroatoms. The lowest BCUT2D eigenvalue weighted by atomic mass is 9.95. The van der Waals surface area contributed by atoms with Gasteiger partial charge < -0.3 is 5.11 Å². The van der Waals surface area contributed by atoms with Crippen molar-refractivity contribution in [2.24, 2.45) is 0 Å². The van der Waals surface area contributed by atoms with Gasteiger partial charge in [0.2, 0.25) is 0 Å². The summed E-state index contributed by atoms with van der Waals surface area (Å²) >= 11 is 0. The fraction of sp³-hybridized carbons (Fsp3) is 0.636. The Labute approximate surface area is 94.5 Å². The lowest BCUT2D eigenvalue weighted by Crippen LogP contribution is -2.42. The van der Waals surface area contributed by atoms with Crippen molar-refractivity contribution in [2.45, 2.75) is 44.8 Å². The number of hydrogen-bond donors (Lipinski definition) is 2. The Balaban J connectivity index is 2.06. The number of carboxylic acids is 1. The van der Waals surface area contributed by atoms with Crippen LogP contribution in [0.1, 0.15) is 37.8 Å². The van der Waals surface area contributed by atoms with Crippen molar-refractivity contribution in [1.82, 2.24) is 15.1 Å². The van der Waals surface area contributed by atoms with Gasteiger partial charge in [0.15, 0.2) is 0 Å². The first-order chi connectivity index (χ1) is 7.70. The highest BCUT2D eigenvalue weighted by atomic mass is 16.4. The summed E-state index contributed by atoms with van der Waals surface area (Å²) in [6, 6.07) is -0.279. The Hall–Kier alpha value is -1.36. The van der Waals surface area contributed by atoms with Gasteiger partial charge in [-0.05, 0) is 26.2 Å². The van der Waals surface area contributed by atoms with Gasteiger partial charge in [-0.1, -0.05) is 0 Å². The fourth-order valence-electron chi connectivity index (χ4n) is 2.13. The number of aryl methyl sites for hydroxylation is 1. The first-order valence-electron chi connectivity index (χ1n) is 5.72. The van der Waals surface area contributed by atoms with Crippen molar-refractivity contribution in [3.63, 3.8) is 0 Å². The van der Waals surface area contributed by atoms with Gasteiger partial charge in [0.05, 0.1) is 6.20 Å². The predicted molar refractivity (Wildman–Crippen MR) is 59.1 cm³/mol. The third kappa shape index (κ3) is 2.24. The second-order valence-corrected chi connectivity index (χ2v) is 4.17. The van der Waals surface area contributed by atoms with Gasteiger partial charge in [-0.3, -0.25) is 14.8 Å². The van der Waals surface area contributed by atoms with Gasteiger partial charge >= 0.3 is 5.97 Å². The van der Waals surface area contributed by atoms with E-state index >= 15 is 0 Å². The first kappa shape index (κ1) is 11.1. The van der Waals surface area contributed by atoms with E-state index in [0.717, 1.165) is 24.9 Å². The molecule has 0 saturated carbocycles. The van der Waals surface area contributed by atoms with Crippen LogP contribution in [0.3, 0.4) is 0 Å². The third-order valence-corrected chi connectivity index (χ3v) is 3.07. The number of carboxylic acid groups (broad SMARTS) is 1. The molecule has 0 aliphatic carbocycles. The van der Waals surface area contributed by atoms with Crippen LogP contribution in [0.15, 0.2) is 12.4 Å². The van der Waals surface area contributed by atoms with E-state index in [0.29, 0.717) is 6.42 Å². The summed E-state index contributed by atoms with van der Waals surface area (Å²) in [7, 11) is 0. The molecule has 0 radical (unpaired) electrons. The molecular formula is C11H17N3O2. The number of aromatic nitrogens is 2. The highest BCUT2D eigenvalue weighted by Crippen LogP contribution is 2.25. The average molecular weight is 223 g/mol. The van der Waals surface area contributed by atoms with E-state index in [-0.39, 0.29) is 6.04 Å². The third-order valence-electron chi connectivity index (χ3n) is 3.07. The molecule has 0 aromatic carbocycles. The Morgan fingerprint density at radius 2 is 2.50 bits per heavy atom. The van der Waals surface area contributed by atoms with Crippen molar-refractivity contribution in [1.29, 1.82) is 0 Å². The summed E-state index contributed by atoms with van der Waals surface area (Å²) in [5, 5.41) is 16.3. The monoisotopic (exact) mass is 223 g/mol. The van der Waals surface area contributed by atoms with Crippen LogP contribution >= 0.6 is 0 Å². The van der Waals surface area contributed by atoms with Gasteiger partial charge in [-0.25, -0.2) is 0 Å². The highest BCUT2D eigenvalue weighted by molar-refractivity contribution is 5.73. The van der Waals surface area contributed by atoms with Gasteiger partial charge in [0.25, 0.3) is 0 Å².